The van der Waals surface area contributed by atoms with Gasteiger partial charge in [-0.2, -0.15) is 0 Å². The van der Waals surface area contributed by atoms with E-state index in [1.165, 1.54) is 16.8 Å². The minimum absolute atomic E-state index is 0.186. The monoisotopic (exact) mass is 266 g/mol. The minimum atomic E-state index is -0.587. The highest BCUT2D eigenvalue weighted by molar-refractivity contribution is 5.69. The van der Waals surface area contributed by atoms with Crippen molar-refractivity contribution in [3.05, 3.63) is 0 Å². The van der Waals surface area contributed by atoms with E-state index in [1.807, 2.05) is 0 Å². The second-order valence-corrected chi connectivity index (χ2v) is 4.04. The second kappa shape index (κ2) is 6.36. The molecule has 2 aliphatic rings. The zero-order chi connectivity index (χ0) is 13.7. The maximum atomic E-state index is 11.8. The van der Waals surface area contributed by atoms with Crippen molar-refractivity contribution in [2.24, 2.45) is 0 Å². The third-order valence-corrected chi connectivity index (χ3v) is 2.64. The van der Waals surface area contributed by atoms with E-state index < -0.39 is 31.6 Å². The lowest BCUT2D eigenvalue weighted by molar-refractivity contribution is 0.120. The molecule has 2 atom stereocenters. The fraction of sp³-hybridized carbons (Fsp3) is 0.800. The fourth-order valence-electron chi connectivity index (χ4n) is 1.41. The molecule has 0 bridgehead atoms. The lowest BCUT2D eigenvalue weighted by Gasteiger charge is -2.10. The standard InChI is InChI=1S/2C5H8FNO2/c1-7-4(2-6)3-9-5(7)8;1-7-3-4(2-6)9-5(7)8/h2*4H,2-3H2,1H3. The van der Waals surface area contributed by atoms with E-state index in [9.17, 15) is 18.4 Å². The Morgan fingerprint density at radius 3 is 2.11 bits per heavy atom. The first kappa shape index (κ1) is 14.5. The van der Waals surface area contributed by atoms with Crippen molar-refractivity contribution in [2.45, 2.75) is 12.1 Å². The quantitative estimate of drug-likeness (QED) is 0.742. The Bertz CT molecular complexity index is 314. The van der Waals surface area contributed by atoms with Gasteiger partial charge in [0.05, 0.1) is 12.6 Å². The first-order chi connectivity index (χ1) is 8.49. The van der Waals surface area contributed by atoms with Gasteiger partial charge in [-0.25, -0.2) is 18.4 Å². The number of hydrogen-bond donors (Lipinski definition) is 0. The van der Waals surface area contributed by atoms with Crippen LogP contribution in [0.25, 0.3) is 0 Å². The van der Waals surface area contributed by atoms with Crippen LogP contribution in [-0.2, 0) is 9.47 Å². The summed E-state index contributed by atoms with van der Waals surface area (Å²) in [5.41, 5.74) is 0. The minimum Gasteiger partial charge on any atom is -0.447 e. The Balaban J connectivity index is 0.000000180. The van der Waals surface area contributed by atoms with Gasteiger partial charge >= 0.3 is 12.2 Å². The Kier molecular flexibility index (Phi) is 5.11. The van der Waals surface area contributed by atoms with Crippen LogP contribution in [-0.4, -0.2) is 74.7 Å². The number of hydrogen-bond acceptors (Lipinski definition) is 4. The number of rotatable bonds is 2. The van der Waals surface area contributed by atoms with Crippen molar-refractivity contribution in [1.82, 2.24) is 9.80 Å². The van der Waals surface area contributed by atoms with Crippen LogP contribution in [0.15, 0.2) is 0 Å². The third kappa shape index (κ3) is 3.44. The molecule has 0 saturated carbocycles. The van der Waals surface area contributed by atoms with E-state index in [1.54, 1.807) is 7.05 Å². The molecule has 6 nitrogen and oxygen atoms in total. The summed E-state index contributed by atoms with van der Waals surface area (Å²) in [7, 11) is 3.11. The van der Waals surface area contributed by atoms with Gasteiger partial charge in [0.2, 0.25) is 0 Å². The first-order valence-corrected chi connectivity index (χ1v) is 5.42. The molecule has 2 saturated heterocycles. The molecule has 0 aromatic heterocycles. The molecule has 2 heterocycles. The zero-order valence-corrected chi connectivity index (χ0v) is 10.3. The smallest absolute Gasteiger partial charge is 0.410 e. The molecule has 2 aliphatic heterocycles. The van der Waals surface area contributed by atoms with E-state index in [0.29, 0.717) is 6.54 Å². The van der Waals surface area contributed by atoms with Gasteiger partial charge in [-0.15, -0.1) is 0 Å². The number of ether oxygens (including phenoxy) is 2. The second-order valence-electron chi connectivity index (χ2n) is 4.04. The molecule has 2 amide bonds. The van der Waals surface area contributed by atoms with Gasteiger partial charge in [-0.1, -0.05) is 0 Å². The van der Waals surface area contributed by atoms with Crippen molar-refractivity contribution in [1.29, 1.82) is 0 Å². The molecule has 0 radical (unpaired) electrons. The molecule has 104 valence electrons. The zero-order valence-electron chi connectivity index (χ0n) is 10.3. The average molecular weight is 266 g/mol. The summed E-state index contributed by atoms with van der Waals surface area (Å²) in [6.07, 6.45) is -1.40. The van der Waals surface area contributed by atoms with Crippen molar-refractivity contribution in [2.75, 3.05) is 40.6 Å². The van der Waals surface area contributed by atoms with Crippen LogP contribution in [0.3, 0.4) is 0 Å². The highest BCUT2D eigenvalue weighted by Crippen LogP contribution is 2.09. The van der Waals surface area contributed by atoms with Crippen LogP contribution < -0.4 is 0 Å². The van der Waals surface area contributed by atoms with Crippen molar-refractivity contribution < 1.29 is 27.8 Å². The molecule has 0 N–H and O–H groups in total. The van der Waals surface area contributed by atoms with E-state index in [0.717, 1.165) is 0 Å². The van der Waals surface area contributed by atoms with Crippen molar-refractivity contribution in [3.8, 4) is 0 Å². The fourth-order valence-corrected chi connectivity index (χ4v) is 1.41. The van der Waals surface area contributed by atoms with Crippen LogP contribution in [0.5, 0.6) is 0 Å². The molecular formula is C10H16F2N2O4. The van der Waals surface area contributed by atoms with Crippen LogP contribution in [0.4, 0.5) is 18.4 Å². The van der Waals surface area contributed by atoms with Gasteiger partial charge in [0.25, 0.3) is 0 Å². The maximum absolute atomic E-state index is 11.8. The SMILES string of the molecule is CN1C(=O)OCC1CF.CN1CC(CF)OC1=O. The normalized spacial score (nSPS) is 26.7. The largest absolute Gasteiger partial charge is 0.447 e. The number of cyclic esters (lactones) is 2. The van der Waals surface area contributed by atoms with Gasteiger partial charge in [0, 0.05) is 14.1 Å². The summed E-state index contributed by atoms with van der Waals surface area (Å²) in [6.45, 7) is -0.556. The van der Waals surface area contributed by atoms with Gasteiger partial charge in [-0.05, 0) is 0 Å². The van der Waals surface area contributed by atoms with Gasteiger partial charge in [0.15, 0.2) is 0 Å². The Hall–Kier alpha value is -1.60. The molecule has 2 fully saturated rings. The van der Waals surface area contributed by atoms with E-state index in [4.69, 9.17) is 0 Å². The third-order valence-electron chi connectivity index (χ3n) is 2.64. The van der Waals surface area contributed by atoms with Gasteiger partial charge < -0.3 is 19.3 Å². The number of amides is 2. The number of likely N-dealkylation sites (N-methyl/N-ethyl adjacent to an activating group) is 2. The summed E-state index contributed by atoms with van der Waals surface area (Å²) in [5, 5.41) is 0. The Labute approximate surface area is 103 Å². The lowest BCUT2D eigenvalue weighted by Crippen LogP contribution is -2.30. The van der Waals surface area contributed by atoms with Crippen LogP contribution in [0.1, 0.15) is 0 Å². The number of nitrogens with zero attached hydrogens (tertiary/aromatic N) is 2. The summed E-state index contributed by atoms with van der Waals surface area (Å²) < 4.78 is 32.6. The van der Waals surface area contributed by atoms with Crippen LogP contribution in [0.2, 0.25) is 0 Å². The van der Waals surface area contributed by atoms with Crippen LogP contribution >= 0.6 is 0 Å². The topological polar surface area (TPSA) is 59.1 Å². The van der Waals surface area contributed by atoms with E-state index in [2.05, 4.69) is 9.47 Å². The Morgan fingerprint density at radius 2 is 1.89 bits per heavy atom. The Morgan fingerprint density at radius 1 is 1.22 bits per heavy atom. The molecule has 0 aromatic carbocycles. The predicted octanol–water partition coefficient (Wildman–Crippen LogP) is 0.813. The molecule has 0 aromatic rings. The summed E-state index contributed by atoms with van der Waals surface area (Å²) in [6, 6.07) is -0.363. The average Bonchev–Trinajstić information content (AvgIpc) is 2.85. The molecule has 0 spiro atoms. The molecule has 2 rings (SSSR count). The van der Waals surface area contributed by atoms with Gasteiger partial charge in [-0.3, -0.25) is 0 Å². The first-order valence-electron chi connectivity index (χ1n) is 5.42. The molecule has 0 aliphatic carbocycles. The summed E-state index contributed by atoms with van der Waals surface area (Å²) >= 11 is 0. The van der Waals surface area contributed by atoms with E-state index >= 15 is 0 Å². The van der Waals surface area contributed by atoms with Crippen molar-refractivity contribution in [3.63, 3.8) is 0 Å². The predicted molar refractivity (Wildman–Crippen MR) is 57.7 cm³/mol. The summed E-state index contributed by atoms with van der Waals surface area (Å²) in [5.74, 6) is 0. The molecule has 2 unspecified atom stereocenters. The van der Waals surface area contributed by atoms with Crippen LogP contribution in [0, 0.1) is 0 Å². The number of alkyl halides is 2. The lowest BCUT2D eigenvalue weighted by atomic mass is 10.3. The highest BCUT2D eigenvalue weighted by Gasteiger charge is 2.29. The maximum Gasteiger partial charge on any atom is 0.410 e. The molecule has 18 heavy (non-hydrogen) atoms. The van der Waals surface area contributed by atoms with E-state index in [-0.39, 0.29) is 12.6 Å². The number of carbonyl (C=O) groups excluding carboxylic acids is 2. The van der Waals surface area contributed by atoms with Crippen molar-refractivity contribution >= 4 is 12.2 Å². The number of carbonyl (C=O) groups is 2. The summed E-state index contributed by atoms with van der Waals surface area (Å²) in [4.78, 5) is 23.6. The van der Waals surface area contributed by atoms with Gasteiger partial charge in [0.1, 0.15) is 26.1 Å². The number of halogens is 2. The highest BCUT2D eigenvalue weighted by atomic mass is 19.1. The molecule has 8 heteroatoms. The molecular weight excluding hydrogens is 250 g/mol.